The summed E-state index contributed by atoms with van der Waals surface area (Å²) < 4.78 is 44.4. The summed E-state index contributed by atoms with van der Waals surface area (Å²) in [6.45, 7) is 1.45. The van der Waals surface area contributed by atoms with Crippen LogP contribution in [0.25, 0.3) is 22.3 Å². The number of aliphatic carboxylic acids is 2. The number of rotatable bonds is 56. The molecule has 42 heteroatoms. The predicted octanol–water partition coefficient (Wildman–Crippen LogP) is 4.69. The fraction of sp³-hybridized carbons (Fsp3) is 0.406. The van der Waals surface area contributed by atoms with Crippen LogP contribution in [0.3, 0.4) is 0 Å². The fourth-order valence-electron chi connectivity index (χ4n) is 16.8. The van der Waals surface area contributed by atoms with Crippen LogP contribution in [0, 0.1) is 25.5 Å². The lowest BCUT2D eigenvalue weighted by Gasteiger charge is -2.37. The summed E-state index contributed by atoms with van der Waals surface area (Å²) in [5.74, 6) is -12.6. The number of fused-ring (bicyclic) bond motifs is 3. The largest absolute Gasteiger partial charge is 0.481 e. The SMILES string of the molecule is CCC(NC(=O)OCC1c2ccccc2-c2ccccc21)C(=O)OC(c1ccccc1)(c1ccc(C)cc1)c1ccccc1Cl.Cc1c(-c2cccc(CCC(=O)NCCCCCCCC(=O)N[C@H](CCC(=O)NC[C@H](O)[C@@H](O)[C@H](O)[C@H](O)CO)C(=O)N[C@H](CCC(=O)O)C(=O)N[C@H](CCC(=O)NC[C@H](O)[C@@H](O)[C@H](O)[C@H](O)CO)C(=O)N[C@H](CS)C(=O)O)c2)c(=O)n(C[C@@H](N)c2ccccc2)c(=O)n1Cc1c(F)cccc1F. The second-order valence-electron chi connectivity index (χ2n) is 35.8. The molecule has 0 fully saturated rings. The minimum atomic E-state index is -2.07. The van der Waals surface area contributed by atoms with Gasteiger partial charge in [-0.1, -0.05) is 225 Å². The van der Waals surface area contributed by atoms with Crippen molar-refractivity contribution in [2.24, 2.45) is 5.73 Å². The Morgan fingerprint density at radius 3 is 1.53 bits per heavy atom. The number of aromatic nitrogens is 2. The van der Waals surface area contributed by atoms with Crippen molar-refractivity contribution in [3.8, 4) is 22.3 Å². The topological polar surface area (TPSA) is 615 Å². The van der Waals surface area contributed by atoms with Crippen molar-refractivity contribution in [2.75, 3.05) is 45.2 Å². The van der Waals surface area contributed by atoms with Gasteiger partial charge in [0.15, 0.2) is 5.60 Å². The van der Waals surface area contributed by atoms with Crippen LogP contribution in [0.15, 0.2) is 210 Å². The number of aryl methyl sites for hydroxylation is 2. The third-order valence-electron chi connectivity index (χ3n) is 25.3. The summed E-state index contributed by atoms with van der Waals surface area (Å²) in [5.41, 5.74) is 12.8. The van der Waals surface area contributed by atoms with E-state index in [4.69, 9.17) is 37.0 Å². The lowest BCUT2D eigenvalue weighted by molar-refractivity contribution is -0.156. The van der Waals surface area contributed by atoms with Gasteiger partial charge in [-0.3, -0.25) is 52.3 Å². The van der Waals surface area contributed by atoms with E-state index in [1.807, 2.05) is 111 Å². The average Bonchev–Trinajstić information content (AvgIpc) is 1.02. The number of aliphatic hydroxyl groups excluding tert-OH is 10. The first-order chi connectivity index (χ1) is 70.7. The molecule has 148 heavy (non-hydrogen) atoms. The summed E-state index contributed by atoms with van der Waals surface area (Å²) in [5, 5.41) is 137. The van der Waals surface area contributed by atoms with Crippen LogP contribution in [-0.4, -0.2) is 260 Å². The number of aliphatic hydroxyl groups is 10. The molecule has 10 rings (SSSR count). The Kier molecular flexibility index (Phi) is 46.5. The Morgan fingerprint density at radius 1 is 0.507 bits per heavy atom. The van der Waals surface area contributed by atoms with E-state index >= 15 is 8.78 Å². The number of esters is 1. The molecule has 1 heterocycles. The molecule has 8 aromatic carbocycles. The van der Waals surface area contributed by atoms with E-state index in [1.165, 1.54) is 13.0 Å². The first-order valence-corrected chi connectivity index (χ1v) is 49.4. The fourth-order valence-corrected chi connectivity index (χ4v) is 17.3. The molecule has 1 aromatic heterocycles. The lowest BCUT2D eigenvalue weighted by Crippen LogP contribution is -2.58. The number of benzene rings is 8. The first kappa shape index (κ1) is 118. The van der Waals surface area contributed by atoms with Crippen LogP contribution < -0.4 is 59.5 Å². The summed E-state index contributed by atoms with van der Waals surface area (Å²) >= 11 is 10.7. The highest BCUT2D eigenvalue weighted by molar-refractivity contribution is 7.80. The number of thiol groups is 1. The number of carbonyl (C=O) groups is 11. The van der Waals surface area contributed by atoms with Crippen molar-refractivity contribution in [3.63, 3.8) is 0 Å². The van der Waals surface area contributed by atoms with Gasteiger partial charge in [-0.2, -0.15) is 12.6 Å². The van der Waals surface area contributed by atoms with Crippen molar-refractivity contribution in [2.45, 2.75) is 227 Å². The molecule has 0 saturated heterocycles. The number of amides is 8. The molecule has 0 aliphatic heterocycles. The zero-order chi connectivity index (χ0) is 108. The molecule has 0 saturated carbocycles. The minimum absolute atomic E-state index is 0.0313. The Labute approximate surface area is 862 Å². The molecule has 0 spiro atoms. The second-order valence-corrected chi connectivity index (χ2v) is 36.6. The van der Waals surface area contributed by atoms with Gasteiger partial charge in [0.05, 0.1) is 44.1 Å². The van der Waals surface area contributed by atoms with Crippen molar-refractivity contribution < 1.29 is 132 Å². The Morgan fingerprint density at radius 2 is 0.993 bits per heavy atom. The van der Waals surface area contributed by atoms with Gasteiger partial charge in [-0.25, -0.2) is 28.0 Å². The molecule has 15 atom stereocenters. The van der Waals surface area contributed by atoms with Gasteiger partial charge >= 0.3 is 29.7 Å². The van der Waals surface area contributed by atoms with Gasteiger partial charge in [0.2, 0.25) is 41.4 Å². The smallest absolute Gasteiger partial charge is 0.407 e. The lowest BCUT2D eigenvalue weighted by atomic mass is 9.79. The summed E-state index contributed by atoms with van der Waals surface area (Å²) in [4.78, 5) is 174. The van der Waals surface area contributed by atoms with E-state index in [1.54, 1.807) is 60.7 Å². The molecule has 1 aliphatic carbocycles. The van der Waals surface area contributed by atoms with Crippen LogP contribution in [0.4, 0.5) is 13.6 Å². The maximum atomic E-state index is 15.0. The van der Waals surface area contributed by atoms with Gasteiger partial charge in [-0.05, 0) is 116 Å². The molecule has 0 bridgehead atoms. The molecule has 9 aromatic rings. The molecule has 8 amide bonds. The Hall–Kier alpha value is -13.5. The van der Waals surface area contributed by atoms with Crippen LogP contribution in [0.1, 0.15) is 165 Å². The number of carboxylic acid groups (broad SMARTS) is 2. The predicted molar refractivity (Wildman–Crippen MR) is 543 cm³/mol. The van der Waals surface area contributed by atoms with E-state index in [0.717, 1.165) is 60.2 Å². The minimum Gasteiger partial charge on any atom is -0.481 e. The van der Waals surface area contributed by atoms with Crippen LogP contribution in [0.5, 0.6) is 0 Å². The number of nitrogens with zero attached hydrogens (tertiary/aromatic N) is 2. The van der Waals surface area contributed by atoms with Gasteiger partial charge < -0.3 is 119 Å². The molecule has 796 valence electrons. The molecule has 22 N–H and O–H groups in total. The first-order valence-electron chi connectivity index (χ1n) is 48.4. The van der Waals surface area contributed by atoms with Gasteiger partial charge in [-0.15, -0.1) is 0 Å². The van der Waals surface area contributed by atoms with E-state index in [9.17, 15) is 113 Å². The van der Waals surface area contributed by atoms with Crippen LogP contribution in [0.2, 0.25) is 5.02 Å². The number of hydrogen-bond acceptors (Lipinski definition) is 27. The third kappa shape index (κ3) is 33.2. The van der Waals surface area contributed by atoms with Crippen molar-refractivity contribution in [1.29, 1.82) is 0 Å². The Bertz CT molecular complexity index is 6050. The number of ether oxygens (including phenoxy) is 2. The molecule has 1 aliphatic rings. The van der Waals surface area contributed by atoms with Crippen molar-refractivity contribution >= 4 is 89.6 Å². The highest BCUT2D eigenvalue weighted by Gasteiger charge is 2.45. The quantitative estimate of drug-likeness (QED) is 0.0106. The number of alkyl carbamates (subject to hydrolysis) is 1. The molecule has 0 radical (unpaired) electrons. The van der Waals surface area contributed by atoms with Crippen LogP contribution in [-0.2, 0) is 82.5 Å². The number of nitrogens with two attached hydrogens (primary N) is 1. The normalized spacial score (nSPS) is 14.9. The maximum absolute atomic E-state index is 15.0. The Balaban J connectivity index is 0.000000443. The van der Waals surface area contributed by atoms with Crippen molar-refractivity contribution in [1.82, 2.24) is 51.7 Å². The highest BCUT2D eigenvalue weighted by Crippen LogP contribution is 2.46. The summed E-state index contributed by atoms with van der Waals surface area (Å²) in [7, 11) is 0. The van der Waals surface area contributed by atoms with E-state index in [0.29, 0.717) is 59.4 Å². The zero-order valence-corrected chi connectivity index (χ0v) is 83.4. The standard InChI is InChI=1S/C67H94F2N10O23S.C39H34ClNO4/c1-36-57(65(99)79(32-43(70)38-13-6-5-7-14-38)67(102)78(36)31-40-41(68)16-11-17-42(40)69)39-15-10-12-37(28-39)19-23-52(86)71-27-9-4-2-3-8-18-55(89)74-44(20-24-53(87)72-29-48(82)58(92)60(94)50(84)33-80)62(96)76-46(22-26-56(90)91)63(97)75-45(64(98)77-47(35-103)66(100)101)21-25-54(88)73-30-49(83)59(93)61(95)51(85)34-81;1-3-36(41-38(43)44-25-33-31-17-9-7-15-29(31)30-16-8-10-18-32(30)33)37(42)45-39(27-13-5-4-6-14-27,28-23-21-26(2)22-24-28)34-19-11-12-20-35(34)40/h5-7,10-17,28,43-51,58-61,80-85,92-95,103H,2-4,8-9,18-27,29-35,70H2,1H3,(H,71,86)(H,72,87)(H,73,88)(H,74,89)(H,75,97)(H,76,96)(H,77,98)(H,90,91)(H,100,101);4-24,33,36H,3,25H2,1-2H3,(H,41,43)/t43-,44-,45-,46-,47-,48+,49+,50-,51-,58-,59-,60-,61-;/m1./s1. The second kappa shape index (κ2) is 58.3. The van der Waals surface area contributed by atoms with E-state index in [-0.39, 0.29) is 74.0 Å². The molecular weight excluding hydrogens is 1960 g/mol. The number of halogens is 3. The maximum Gasteiger partial charge on any atom is 0.407 e. The summed E-state index contributed by atoms with van der Waals surface area (Å²) in [6, 6.07) is 51.0. The number of unbranched alkanes of at least 4 members (excludes halogenated alkanes) is 4. The number of nitrogens with one attached hydrogen (secondary N) is 8. The van der Waals surface area contributed by atoms with Crippen LogP contribution >= 0.6 is 24.2 Å². The van der Waals surface area contributed by atoms with E-state index in [2.05, 4.69) is 79.4 Å². The van der Waals surface area contributed by atoms with Gasteiger partial charge in [0, 0.05) is 102 Å². The van der Waals surface area contributed by atoms with Gasteiger partial charge in [0.25, 0.3) is 5.56 Å². The zero-order valence-electron chi connectivity index (χ0n) is 81.7. The number of carbonyl (C=O) groups excluding carboxylic acids is 9. The summed E-state index contributed by atoms with van der Waals surface area (Å²) in [6.07, 6.45) is -17.8. The van der Waals surface area contributed by atoms with Gasteiger partial charge in [0.1, 0.15) is 85.1 Å². The average molecular weight is 2090 g/mol. The molecule has 38 nitrogen and oxygen atoms in total. The molecule has 2 unspecified atom stereocenters. The van der Waals surface area contributed by atoms with E-state index < -0.39 is 250 Å². The number of hydrogen-bond donors (Lipinski definition) is 22. The van der Waals surface area contributed by atoms with Crippen molar-refractivity contribution in [3.05, 3.63) is 293 Å². The monoisotopic (exact) mass is 2090 g/mol. The highest BCUT2D eigenvalue weighted by atomic mass is 35.5. The number of carboxylic acids is 2. The third-order valence-corrected chi connectivity index (χ3v) is 25.9. The molecular formula is C106H128ClF2N11O27S.